The number of rotatable bonds is 7. The minimum atomic E-state index is 1.02. The van der Waals surface area contributed by atoms with Gasteiger partial charge in [0.1, 0.15) is 0 Å². The maximum atomic E-state index is 3.58. The van der Waals surface area contributed by atoms with Crippen LogP contribution < -0.4 is 5.32 Å². The summed E-state index contributed by atoms with van der Waals surface area (Å²) in [6.45, 7) is 3.62. The first kappa shape index (κ1) is 14.0. The molecule has 0 saturated heterocycles. The molecule has 1 rings (SSSR count). The van der Waals surface area contributed by atoms with Gasteiger partial charge >= 0.3 is 0 Å². The number of hydrogen-bond acceptors (Lipinski definition) is 2. The molecule has 0 spiro atoms. The van der Waals surface area contributed by atoms with E-state index in [-0.39, 0.29) is 0 Å². The quantitative estimate of drug-likeness (QED) is 0.530. The molecule has 0 aliphatic heterocycles. The zero-order valence-electron chi connectivity index (χ0n) is 11.3. The highest BCUT2D eigenvalue weighted by atomic mass is 15.0. The molecule has 1 N–H and O–H groups in total. The molecule has 2 nitrogen and oxygen atoms in total. The fourth-order valence-corrected chi connectivity index (χ4v) is 2.60. The lowest BCUT2D eigenvalue weighted by molar-refractivity contribution is 0.383. The van der Waals surface area contributed by atoms with Crippen LogP contribution in [0.5, 0.6) is 0 Å². The Hall–Kier alpha value is -0.0800. The molecule has 0 aromatic carbocycles. The first-order chi connectivity index (χ1) is 7.79. The summed E-state index contributed by atoms with van der Waals surface area (Å²) in [4.78, 5) is 2.26. The minimum absolute atomic E-state index is 1.02. The molecule has 2 heteroatoms. The highest BCUT2D eigenvalue weighted by Gasteiger charge is 2.11. The van der Waals surface area contributed by atoms with Gasteiger partial charge in [0.15, 0.2) is 0 Å². The van der Waals surface area contributed by atoms with E-state index >= 15 is 0 Å². The van der Waals surface area contributed by atoms with Gasteiger partial charge < -0.3 is 10.2 Å². The van der Waals surface area contributed by atoms with E-state index in [0.717, 1.165) is 5.92 Å². The molecule has 1 fully saturated rings. The molecule has 0 unspecified atom stereocenters. The lowest BCUT2D eigenvalue weighted by Gasteiger charge is -2.14. The smallest absolute Gasteiger partial charge is 0.00127 e. The van der Waals surface area contributed by atoms with Crippen molar-refractivity contribution in [1.82, 2.24) is 10.2 Å². The third-order valence-corrected chi connectivity index (χ3v) is 3.66. The molecule has 0 atom stereocenters. The summed E-state index contributed by atoms with van der Waals surface area (Å²) >= 11 is 0. The lowest BCUT2D eigenvalue weighted by atomic mass is 9.97. The van der Waals surface area contributed by atoms with Crippen LogP contribution in [0.4, 0.5) is 0 Å². The van der Waals surface area contributed by atoms with Gasteiger partial charge in [-0.05, 0) is 52.5 Å². The van der Waals surface area contributed by atoms with Gasteiger partial charge in [0, 0.05) is 0 Å². The van der Waals surface area contributed by atoms with Crippen molar-refractivity contribution in [3.8, 4) is 0 Å². The van der Waals surface area contributed by atoms with E-state index in [2.05, 4.69) is 24.3 Å². The van der Waals surface area contributed by atoms with E-state index in [4.69, 9.17) is 0 Å². The average molecular weight is 226 g/mol. The molecular formula is C14H30N2. The standard InChI is InChI=1S/C14H30N2/c1-16(2)13-7-11-15-12-10-14-8-5-3-4-6-9-14/h14-15H,3-13H2,1-2H3. The highest BCUT2D eigenvalue weighted by molar-refractivity contribution is 4.65. The molecule has 0 aromatic rings. The van der Waals surface area contributed by atoms with Crippen LogP contribution in [0.1, 0.15) is 51.4 Å². The van der Waals surface area contributed by atoms with Crippen molar-refractivity contribution < 1.29 is 0 Å². The van der Waals surface area contributed by atoms with Gasteiger partial charge in [-0.3, -0.25) is 0 Å². The van der Waals surface area contributed by atoms with Gasteiger partial charge in [-0.2, -0.15) is 0 Å². The van der Waals surface area contributed by atoms with E-state index in [1.807, 2.05) is 0 Å². The van der Waals surface area contributed by atoms with Crippen LogP contribution in [0.2, 0.25) is 0 Å². The maximum Gasteiger partial charge on any atom is -0.00127 e. The third-order valence-electron chi connectivity index (χ3n) is 3.66. The Labute approximate surface area is 102 Å². The van der Waals surface area contributed by atoms with Gasteiger partial charge in [0.05, 0.1) is 0 Å². The monoisotopic (exact) mass is 226 g/mol. The summed E-state index contributed by atoms with van der Waals surface area (Å²) in [5, 5.41) is 3.58. The molecule has 0 heterocycles. The molecule has 0 aromatic heterocycles. The van der Waals surface area contributed by atoms with Crippen molar-refractivity contribution in [1.29, 1.82) is 0 Å². The van der Waals surface area contributed by atoms with Gasteiger partial charge in [-0.25, -0.2) is 0 Å². The predicted molar refractivity (Wildman–Crippen MR) is 71.8 cm³/mol. The third kappa shape index (κ3) is 7.24. The fourth-order valence-electron chi connectivity index (χ4n) is 2.60. The Morgan fingerprint density at radius 2 is 1.69 bits per heavy atom. The summed E-state index contributed by atoms with van der Waals surface area (Å²) < 4.78 is 0. The Balaban J connectivity index is 1.89. The van der Waals surface area contributed by atoms with Crippen LogP contribution in [-0.4, -0.2) is 38.6 Å². The number of nitrogens with one attached hydrogen (secondary N) is 1. The molecule has 0 bridgehead atoms. The summed E-state index contributed by atoms with van der Waals surface area (Å²) in [6.07, 6.45) is 11.6. The molecule has 96 valence electrons. The van der Waals surface area contributed by atoms with E-state index in [1.54, 1.807) is 0 Å². The van der Waals surface area contributed by atoms with Crippen molar-refractivity contribution in [2.24, 2.45) is 5.92 Å². The Kier molecular flexibility index (Phi) is 7.87. The summed E-state index contributed by atoms with van der Waals surface area (Å²) in [6, 6.07) is 0. The highest BCUT2D eigenvalue weighted by Crippen LogP contribution is 2.24. The average Bonchev–Trinajstić information content (AvgIpc) is 2.51. The second-order valence-corrected chi connectivity index (χ2v) is 5.55. The molecule has 1 aliphatic rings. The maximum absolute atomic E-state index is 3.58. The van der Waals surface area contributed by atoms with Crippen LogP contribution in [-0.2, 0) is 0 Å². The first-order valence-electron chi connectivity index (χ1n) is 7.14. The fraction of sp³-hybridized carbons (Fsp3) is 1.00. The van der Waals surface area contributed by atoms with Gasteiger partial charge in [-0.1, -0.05) is 38.5 Å². The van der Waals surface area contributed by atoms with Gasteiger partial charge in [0.2, 0.25) is 0 Å². The SMILES string of the molecule is CN(C)CCCNCCC1CCCCCC1. The van der Waals surface area contributed by atoms with E-state index in [1.165, 1.54) is 71.0 Å². The van der Waals surface area contributed by atoms with Crippen molar-refractivity contribution >= 4 is 0 Å². The zero-order valence-corrected chi connectivity index (χ0v) is 11.3. The van der Waals surface area contributed by atoms with Gasteiger partial charge in [-0.15, -0.1) is 0 Å². The van der Waals surface area contributed by atoms with Crippen LogP contribution in [0, 0.1) is 5.92 Å². The summed E-state index contributed by atoms with van der Waals surface area (Å²) in [7, 11) is 4.29. The minimum Gasteiger partial charge on any atom is -0.317 e. The number of hydrogen-bond donors (Lipinski definition) is 1. The molecule has 1 saturated carbocycles. The predicted octanol–water partition coefficient (Wildman–Crippen LogP) is 2.89. The largest absolute Gasteiger partial charge is 0.317 e. The van der Waals surface area contributed by atoms with E-state index in [0.29, 0.717) is 0 Å². The first-order valence-corrected chi connectivity index (χ1v) is 7.14. The topological polar surface area (TPSA) is 15.3 Å². The zero-order chi connectivity index (χ0) is 11.6. The van der Waals surface area contributed by atoms with Crippen molar-refractivity contribution in [2.75, 3.05) is 33.7 Å². The molecule has 0 amide bonds. The van der Waals surface area contributed by atoms with Crippen LogP contribution in [0.15, 0.2) is 0 Å². The summed E-state index contributed by atoms with van der Waals surface area (Å²) in [5.74, 6) is 1.02. The van der Waals surface area contributed by atoms with Crippen LogP contribution in [0.25, 0.3) is 0 Å². The lowest BCUT2D eigenvalue weighted by Crippen LogP contribution is -2.23. The summed E-state index contributed by atoms with van der Waals surface area (Å²) in [5.41, 5.74) is 0. The number of nitrogens with zero attached hydrogens (tertiary/aromatic N) is 1. The molecule has 1 aliphatic carbocycles. The van der Waals surface area contributed by atoms with E-state index < -0.39 is 0 Å². The molecular weight excluding hydrogens is 196 g/mol. The van der Waals surface area contributed by atoms with Crippen molar-refractivity contribution in [3.63, 3.8) is 0 Å². The van der Waals surface area contributed by atoms with Crippen molar-refractivity contribution in [2.45, 2.75) is 51.4 Å². The van der Waals surface area contributed by atoms with Crippen LogP contribution >= 0.6 is 0 Å². The Bertz CT molecular complexity index is 149. The molecule has 0 radical (unpaired) electrons. The van der Waals surface area contributed by atoms with Crippen molar-refractivity contribution in [3.05, 3.63) is 0 Å². The van der Waals surface area contributed by atoms with Crippen LogP contribution in [0.3, 0.4) is 0 Å². The second kappa shape index (κ2) is 9.00. The Morgan fingerprint density at radius 1 is 1.00 bits per heavy atom. The van der Waals surface area contributed by atoms with Gasteiger partial charge in [0.25, 0.3) is 0 Å². The normalized spacial score (nSPS) is 18.9. The molecule has 16 heavy (non-hydrogen) atoms. The second-order valence-electron chi connectivity index (χ2n) is 5.55. The van der Waals surface area contributed by atoms with E-state index in [9.17, 15) is 0 Å². The Morgan fingerprint density at radius 3 is 2.31 bits per heavy atom.